The average molecular weight is 264 g/mol. The summed E-state index contributed by atoms with van der Waals surface area (Å²) in [6, 6.07) is 6.52. The summed E-state index contributed by atoms with van der Waals surface area (Å²) in [4.78, 5) is 26.2. The number of ketones is 1. The van der Waals surface area contributed by atoms with Crippen molar-refractivity contribution in [2.24, 2.45) is 0 Å². The van der Waals surface area contributed by atoms with Gasteiger partial charge in [0.15, 0.2) is 0 Å². The van der Waals surface area contributed by atoms with Gasteiger partial charge in [-0.2, -0.15) is 0 Å². The van der Waals surface area contributed by atoms with Crippen molar-refractivity contribution in [3.05, 3.63) is 35.6 Å². The lowest BCUT2D eigenvalue weighted by molar-refractivity contribution is -0.144. The minimum absolute atomic E-state index is 0.233. The highest BCUT2D eigenvalue weighted by molar-refractivity contribution is 6.35. The van der Waals surface area contributed by atoms with Gasteiger partial charge in [-0.25, -0.2) is 4.39 Å². The number of nitrogens with zero attached hydrogens (tertiary/aromatic N) is 2. The first kappa shape index (κ1) is 13.7. The first-order valence-corrected chi connectivity index (χ1v) is 6.33. The van der Waals surface area contributed by atoms with Gasteiger partial charge in [0.1, 0.15) is 5.82 Å². The number of carbonyl (C=O) groups is 2. The largest absolute Gasteiger partial charge is 0.334 e. The summed E-state index contributed by atoms with van der Waals surface area (Å²) in [7, 11) is 0. The molecule has 0 N–H and O–H groups in total. The van der Waals surface area contributed by atoms with E-state index in [1.807, 2.05) is 6.07 Å². The molecule has 5 heteroatoms. The van der Waals surface area contributed by atoms with Crippen LogP contribution in [-0.2, 0) is 16.1 Å². The molecule has 1 amide bonds. The van der Waals surface area contributed by atoms with Gasteiger partial charge >= 0.3 is 0 Å². The fourth-order valence-electron chi connectivity index (χ4n) is 2.23. The molecule has 0 aliphatic carbocycles. The first-order chi connectivity index (χ1) is 9.06. The van der Waals surface area contributed by atoms with Crippen LogP contribution in [0.1, 0.15) is 12.5 Å². The molecule has 1 fully saturated rings. The van der Waals surface area contributed by atoms with E-state index in [1.54, 1.807) is 11.0 Å². The maximum Gasteiger partial charge on any atom is 0.289 e. The van der Waals surface area contributed by atoms with E-state index in [0.29, 0.717) is 32.7 Å². The Balaban J connectivity index is 1.87. The van der Waals surface area contributed by atoms with Crippen molar-refractivity contribution >= 4 is 11.7 Å². The summed E-state index contributed by atoms with van der Waals surface area (Å²) in [6.45, 7) is 4.47. The number of amides is 1. The minimum atomic E-state index is -0.418. The molecule has 4 nitrogen and oxygen atoms in total. The molecule has 0 atom stereocenters. The maximum atomic E-state index is 13.1. The predicted octanol–water partition coefficient (Wildman–Crippen LogP) is 1.06. The Morgan fingerprint density at radius 3 is 2.47 bits per heavy atom. The van der Waals surface area contributed by atoms with Crippen LogP contribution in [0, 0.1) is 5.82 Å². The second-order valence-electron chi connectivity index (χ2n) is 4.75. The van der Waals surface area contributed by atoms with Gasteiger partial charge in [0, 0.05) is 39.6 Å². The number of halogens is 1. The third-order valence-corrected chi connectivity index (χ3v) is 3.26. The van der Waals surface area contributed by atoms with Crippen LogP contribution in [0.15, 0.2) is 24.3 Å². The highest BCUT2D eigenvalue weighted by atomic mass is 19.1. The summed E-state index contributed by atoms with van der Waals surface area (Å²) in [5.74, 6) is -1.06. The first-order valence-electron chi connectivity index (χ1n) is 6.33. The normalized spacial score (nSPS) is 16.4. The molecule has 102 valence electrons. The molecule has 0 unspecified atom stereocenters. The standard InChI is InChI=1S/C14H17FN2O2/c1-11(18)14(19)17-7-5-16(6-8-17)10-12-3-2-4-13(15)9-12/h2-4,9H,5-8,10H2,1H3. The van der Waals surface area contributed by atoms with Crippen molar-refractivity contribution in [3.63, 3.8) is 0 Å². The van der Waals surface area contributed by atoms with E-state index in [-0.39, 0.29) is 5.82 Å². The quantitative estimate of drug-likeness (QED) is 0.766. The molecular formula is C14H17FN2O2. The van der Waals surface area contributed by atoms with Crippen LogP contribution < -0.4 is 0 Å². The van der Waals surface area contributed by atoms with Crippen LogP contribution in [0.3, 0.4) is 0 Å². The monoisotopic (exact) mass is 264 g/mol. The van der Waals surface area contributed by atoms with Crippen molar-refractivity contribution < 1.29 is 14.0 Å². The van der Waals surface area contributed by atoms with Gasteiger partial charge in [-0.1, -0.05) is 12.1 Å². The van der Waals surface area contributed by atoms with Gasteiger partial charge in [0.05, 0.1) is 0 Å². The van der Waals surface area contributed by atoms with Gasteiger partial charge in [-0.3, -0.25) is 14.5 Å². The van der Waals surface area contributed by atoms with Gasteiger partial charge in [-0.15, -0.1) is 0 Å². The molecule has 0 aromatic heterocycles. The van der Waals surface area contributed by atoms with Crippen molar-refractivity contribution in [2.75, 3.05) is 26.2 Å². The molecule has 2 rings (SSSR count). The predicted molar refractivity (Wildman–Crippen MR) is 68.9 cm³/mol. The lowest BCUT2D eigenvalue weighted by Crippen LogP contribution is -2.49. The lowest BCUT2D eigenvalue weighted by atomic mass is 10.2. The average Bonchev–Trinajstić information content (AvgIpc) is 2.39. The van der Waals surface area contributed by atoms with Crippen LogP contribution in [0.25, 0.3) is 0 Å². The summed E-state index contributed by atoms with van der Waals surface area (Å²) < 4.78 is 13.1. The fourth-order valence-corrected chi connectivity index (χ4v) is 2.23. The molecule has 19 heavy (non-hydrogen) atoms. The van der Waals surface area contributed by atoms with E-state index >= 15 is 0 Å². The zero-order chi connectivity index (χ0) is 13.8. The topological polar surface area (TPSA) is 40.6 Å². The summed E-state index contributed by atoms with van der Waals surface area (Å²) in [5.41, 5.74) is 0.923. The van der Waals surface area contributed by atoms with E-state index in [1.165, 1.54) is 19.1 Å². The zero-order valence-corrected chi connectivity index (χ0v) is 10.9. The summed E-state index contributed by atoms with van der Waals surface area (Å²) in [6.07, 6.45) is 0. The zero-order valence-electron chi connectivity index (χ0n) is 10.9. The van der Waals surface area contributed by atoms with E-state index in [2.05, 4.69) is 4.90 Å². The number of benzene rings is 1. The Hall–Kier alpha value is -1.75. The van der Waals surface area contributed by atoms with Crippen LogP contribution in [0.4, 0.5) is 4.39 Å². The van der Waals surface area contributed by atoms with Crippen molar-refractivity contribution in [1.82, 2.24) is 9.80 Å². The molecule has 0 radical (unpaired) electrons. The summed E-state index contributed by atoms with van der Waals surface area (Å²) in [5, 5.41) is 0. The molecular weight excluding hydrogens is 247 g/mol. The van der Waals surface area contributed by atoms with Gasteiger partial charge < -0.3 is 4.90 Å². The Kier molecular flexibility index (Phi) is 4.27. The molecule has 1 aromatic carbocycles. The van der Waals surface area contributed by atoms with Crippen LogP contribution in [0.5, 0.6) is 0 Å². The third-order valence-electron chi connectivity index (χ3n) is 3.26. The Morgan fingerprint density at radius 1 is 1.21 bits per heavy atom. The van der Waals surface area contributed by atoms with Crippen LogP contribution in [0.2, 0.25) is 0 Å². The molecule has 1 saturated heterocycles. The van der Waals surface area contributed by atoms with E-state index < -0.39 is 11.7 Å². The van der Waals surface area contributed by atoms with Gasteiger partial charge in [-0.05, 0) is 17.7 Å². The molecule has 0 saturated carbocycles. The van der Waals surface area contributed by atoms with Crippen molar-refractivity contribution in [1.29, 1.82) is 0 Å². The smallest absolute Gasteiger partial charge is 0.289 e. The third kappa shape index (κ3) is 3.61. The van der Waals surface area contributed by atoms with E-state index in [4.69, 9.17) is 0 Å². The SMILES string of the molecule is CC(=O)C(=O)N1CCN(Cc2cccc(F)c2)CC1. The Morgan fingerprint density at radius 2 is 1.89 bits per heavy atom. The number of carbonyl (C=O) groups excluding carboxylic acids is 2. The second kappa shape index (κ2) is 5.93. The highest BCUT2D eigenvalue weighted by Gasteiger charge is 2.23. The number of Topliss-reactive ketones (excluding diaryl/α,β-unsaturated/α-hetero) is 1. The highest BCUT2D eigenvalue weighted by Crippen LogP contribution is 2.10. The molecule has 1 aromatic rings. The minimum Gasteiger partial charge on any atom is -0.334 e. The molecule has 0 spiro atoms. The molecule has 1 heterocycles. The molecule has 0 bridgehead atoms. The maximum absolute atomic E-state index is 13.1. The Bertz CT molecular complexity index is 482. The van der Waals surface area contributed by atoms with E-state index in [0.717, 1.165) is 5.56 Å². The Labute approximate surface area is 111 Å². The van der Waals surface area contributed by atoms with Crippen LogP contribution in [-0.4, -0.2) is 47.7 Å². The van der Waals surface area contributed by atoms with Crippen molar-refractivity contribution in [2.45, 2.75) is 13.5 Å². The van der Waals surface area contributed by atoms with Gasteiger partial charge in [0.25, 0.3) is 5.91 Å². The van der Waals surface area contributed by atoms with Gasteiger partial charge in [0.2, 0.25) is 5.78 Å². The van der Waals surface area contributed by atoms with Crippen LogP contribution >= 0.6 is 0 Å². The number of piperazine rings is 1. The van der Waals surface area contributed by atoms with E-state index in [9.17, 15) is 14.0 Å². The number of hydrogen-bond donors (Lipinski definition) is 0. The lowest BCUT2D eigenvalue weighted by Gasteiger charge is -2.34. The number of rotatable bonds is 3. The number of hydrogen-bond acceptors (Lipinski definition) is 3. The fraction of sp³-hybridized carbons (Fsp3) is 0.429. The van der Waals surface area contributed by atoms with Crippen molar-refractivity contribution in [3.8, 4) is 0 Å². The molecule has 1 aliphatic rings. The second-order valence-corrected chi connectivity index (χ2v) is 4.75. The molecule has 1 aliphatic heterocycles. The summed E-state index contributed by atoms with van der Waals surface area (Å²) >= 11 is 0.